The van der Waals surface area contributed by atoms with Gasteiger partial charge in [0, 0.05) is 23.2 Å². The van der Waals surface area contributed by atoms with Crippen molar-refractivity contribution in [2.45, 2.75) is 6.54 Å². The summed E-state index contributed by atoms with van der Waals surface area (Å²) in [6, 6.07) is 13.2. The minimum atomic E-state index is -0.899. The van der Waals surface area contributed by atoms with Crippen LogP contribution in [-0.4, -0.2) is 31.3 Å². The Kier molecular flexibility index (Phi) is 5.39. The number of rotatable bonds is 5. The second-order valence-electron chi connectivity index (χ2n) is 6.46. The molecule has 2 heterocycles. The first-order valence-electron chi connectivity index (χ1n) is 8.81. The standard InChI is InChI=1S/C21H14Cl2N4O3/c22-13-3-1-12(2-4-13)10-27-16-6-5-14(28)9-15(16)18(20(27)23)19(29)21(30)26-17-7-8-24-11-25-17/h1-9,11,28H,10H2,(H,24,25,26,30). The van der Waals surface area contributed by atoms with E-state index in [1.165, 1.54) is 30.7 Å². The second-order valence-corrected chi connectivity index (χ2v) is 7.25. The lowest BCUT2D eigenvalue weighted by Crippen LogP contribution is -2.23. The summed E-state index contributed by atoms with van der Waals surface area (Å²) in [4.78, 5) is 33.1. The number of hydrogen-bond donors (Lipinski definition) is 2. The number of halogens is 2. The molecule has 150 valence electrons. The molecule has 0 saturated carbocycles. The Bertz CT molecular complexity index is 1250. The van der Waals surface area contributed by atoms with Crippen molar-refractivity contribution in [3.05, 3.63) is 82.4 Å². The smallest absolute Gasteiger partial charge is 0.298 e. The number of phenolic OH excluding ortho intramolecular Hbond substituents is 1. The highest BCUT2D eigenvalue weighted by molar-refractivity contribution is 6.51. The lowest BCUT2D eigenvalue weighted by atomic mass is 10.1. The fourth-order valence-corrected chi connectivity index (χ4v) is 3.57. The van der Waals surface area contributed by atoms with Gasteiger partial charge in [0.15, 0.2) is 0 Å². The minimum Gasteiger partial charge on any atom is -0.508 e. The molecule has 0 unspecified atom stereocenters. The lowest BCUT2D eigenvalue weighted by Gasteiger charge is -2.08. The van der Waals surface area contributed by atoms with Crippen LogP contribution in [0.2, 0.25) is 10.2 Å². The van der Waals surface area contributed by atoms with E-state index in [2.05, 4.69) is 15.3 Å². The van der Waals surface area contributed by atoms with Gasteiger partial charge in [0.05, 0.1) is 11.1 Å². The molecule has 0 aliphatic carbocycles. The van der Waals surface area contributed by atoms with E-state index in [9.17, 15) is 14.7 Å². The Hall–Kier alpha value is -3.42. The maximum Gasteiger partial charge on any atom is 0.298 e. The van der Waals surface area contributed by atoms with E-state index in [1.807, 2.05) is 12.1 Å². The molecule has 2 aromatic heterocycles. The van der Waals surface area contributed by atoms with Crippen molar-refractivity contribution < 1.29 is 14.7 Å². The molecule has 0 aliphatic rings. The molecule has 7 nitrogen and oxygen atoms in total. The van der Waals surface area contributed by atoms with Crippen LogP contribution in [0.25, 0.3) is 10.9 Å². The number of aromatic nitrogens is 3. The molecule has 9 heteroatoms. The number of carbonyl (C=O) groups is 2. The number of Topliss-reactive ketones (excluding diaryl/α,β-unsaturated/α-hetero) is 1. The van der Waals surface area contributed by atoms with Gasteiger partial charge in [-0.15, -0.1) is 0 Å². The van der Waals surface area contributed by atoms with E-state index in [0.717, 1.165) is 5.56 Å². The molecule has 4 aromatic rings. The molecular formula is C21H14Cl2N4O3. The van der Waals surface area contributed by atoms with Crippen LogP contribution >= 0.6 is 23.2 Å². The number of benzene rings is 2. The molecular weight excluding hydrogens is 427 g/mol. The van der Waals surface area contributed by atoms with E-state index in [1.54, 1.807) is 22.8 Å². The van der Waals surface area contributed by atoms with Gasteiger partial charge in [-0.1, -0.05) is 35.3 Å². The van der Waals surface area contributed by atoms with Crippen molar-refractivity contribution in [3.63, 3.8) is 0 Å². The van der Waals surface area contributed by atoms with Crippen LogP contribution in [0.4, 0.5) is 5.82 Å². The zero-order valence-electron chi connectivity index (χ0n) is 15.3. The van der Waals surface area contributed by atoms with Gasteiger partial charge >= 0.3 is 0 Å². The average Bonchev–Trinajstić information content (AvgIpc) is 3.00. The Morgan fingerprint density at radius 1 is 1.07 bits per heavy atom. The highest BCUT2D eigenvalue weighted by Crippen LogP contribution is 2.33. The van der Waals surface area contributed by atoms with Gasteiger partial charge in [0.25, 0.3) is 11.7 Å². The summed E-state index contributed by atoms with van der Waals surface area (Å²) in [5.74, 6) is -1.60. The molecule has 0 fully saturated rings. The molecule has 30 heavy (non-hydrogen) atoms. The van der Waals surface area contributed by atoms with Crippen molar-refractivity contribution >= 4 is 51.6 Å². The number of nitrogens with one attached hydrogen (secondary N) is 1. The van der Waals surface area contributed by atoms with Crippen LogP contribution < -0.4 is 5.32 Å². The third kappa shape index (κ3) is 3.85. The number of fused-ring (bicyclic) bond motifs is 1. The largest absolute Gasteiger partial charge is 0.508 e. The van der Waals surface area contributed by atoms with Gasteiger partial charge in [0.1, 0.15) is 23.0 Å². The summed E-state index contributed by atoms with van der Waals surface area (Å²) in [7, 11) is 0. The fraction of sp³-hybridized carbons (Fsp3) is 0.0476. The predicted molar refractivity (Wildman–Crippen MR) is 114 cm³/mol. The van der Waals surface area contributed by atoms with E-state index in [0.29, 0.717) is 22.5 Å². The number of ketones is 1. The molecule has 0 radical (unpaired) electrons. The molecule has 4 rings (SSSR count). The number of anilines is 1. The summed E-state index contributed by atoms with van der Waals surface area (Å²) in [5, 5.41) is 13.4. The first-order chi connectivity index (χ1) is 14.4. The molecule has 0 bridgehead atoms. The van der Waals surface area contributed by atoms with Crippen LogP contribution in [0, 0.1) is 0 Å². The van der Waals surface area contributed by atoms with Crippen LogP contribution in [0.5, 0.6) is 5.75 Å². The highest BCUT2D eigenvalue weighted by atomic mass is 35.5. The number of amides is 1. The number of phenols is 1. The van der Waals surface area contributed by atoms with Gasteiger partial charge in [-0.3, -0.25) is 9.59 Å². The molecule has 2 N–H and O–H groups in total. The van der Waals surface area contributed by atoms with Crippen LogP contribution in [0.3, 0.4) is 0 Å². The Balaban J connectivity index is 1.76. The first kappa shape index (κ1) is 19.9. The van der Waals surface area contributed by atoms with Crippen molar-refractivity contribution in [1.82, 2.24) is 14.5 Å². The number of aromatic hydroxyl groups is 1. The maximum atomic E-state index is 13.0. The van der Waals surface area contributed by atoms with Gasteiger partial charge < -0.3 is 15.0 Å². The van der Waals surface area contributed by atoms with Gasteiger partial charge in [0.2, 0.25) is 0 Å². The summed E-state index contributed by atoms with van der Waals surface area (Å²) < 4.78 is 1.70. The van der Waals surface area contributed by atoms with E-state index in [-0.39, 0.29) is 22.3 Å². The molecule has 0 aliphatic heterocycles. The summed E-state index contributed by atoms with van der Waals surface area (Å²) in [5.41, 5.74) is 1.50. The van der Waals surface area contributed by atoms with Gasteiger partial charge in [-0.2, -0.15) is 0 Å². The van der Waals surface area contributed by atoms with E-state index >= 15 is 0 Å². The third-order valence-electron chi connectivity index (χ3n) is 4.49. The van der Waals surface area contributed by atoms with Crippen molar-refractivity contribution in [3.8, 4) is 5.75 Å². The highest BCUT2D eigenvalue weighted by Gasteiger charge is 2.27. The van der Waals surface area contributed by atoms with Crippen molar-refractivity contribution in [1.29, 1.82) is 0 Å². The van der Waals surface area contributed by atoms with Crippen LogP contribution in [-0.2, 0) is 11.3 Å². The zero-order valence-corrected chi connectivity index (χ0v) is 16.9. The lowest BCUT2D eigenvalue weighted by molar-refractivity contribution is -0.112. The number of nitrogens with zero attached hydrogens (tertiary/aromatic N) is 3. The third-order valence-corrected chi connectivity index (χ3v) is 5.14. The Morgan fingerprint density at radius 3 is 2.53 bits per heavy atom. The summed E-state index contributed by atoms with van der Waals surface area (Å²) in [6.45, 7) is 0.345. The zero-order chi connectivity index (χ0) is 21.3. The number of hydrogen-bond acceptors (Lipinski definition) is 5. The van der Waals surface area contributed by atoms with Gasteiger partial charge in [-0.25, -0.2) is 9.97 Å². The Labute approximate surface area is 180 Å². The van der Waals surface area contributed by atoms with Crippen molar-refractivity contribution in [2.24, 2.45) is 0 Å². The summed E-state index contributed by atoms with van der Waals surface area (Å²) >= 11 is 12.5. The number of carbonyl (C=O) groups excluding carboxylic acids is 2. The fourth-order valence-electron chi connectivity index (χ4n) is 3.11. The molecule has 0 spiro atoms. The van der Waals surface area contributed by atoms with E-state index in [4.69, 9.17) is 23.2 Å². The SMILES string of the molecule is O=C(Nc1ccncn1)C(=O)c1c(Cl)n(Cc2ccc(Cl)cc2)c2ccc(O)cc12. The molecule has 0 atom stereocenters. The van der Waals surface area contributed by atoms with E-state index < -0.39 is 11.7 Å². The average molecular weight is 441 g/mol. The quantitative estimate of drug-likeness (QED) is 0.355. The molecule has 1 amide bonds. The monoisotopic (exact) mass is 440 g/mol. The van der Waals surface area contributed by atoms with Crippen LogP contribution in [0.1, 0.15) is 15.9 Å². The molecule has 2 aromatic carbocycles. The maximum absolute atomic E-state index is 13.0. The van der Waals surface area contributed by atoms with Gasteiger partial charge in [-0.05, 0) is 42.0 Å². The van der Waals surface area contributed by atoms with Crippen molar-refractivity contribution in [2.75, 3.05) is 5.32 Å². The topological polar surface area (TPSA) is 97.1 Å². The molecule has 0 saturated heterocycles. The second kappa shape index (κ2) is 8.14. The normalized spacial score (nSPS) is 10.9. The minimum absolute atomic E-state index is 0.00286. The predicted octanol–water partition coefficient (Wildman–Crippen LogP) is 4.31. The summed E-state index contributed by atoms with van der Waals surface area (Å²) in [6.07, 6.45) is 2.69. The Morgan fingerprint density at radius 2 is 1.83 bits per heavy atom. The first-order valence-corrected chi connectivity index (χ1v) is 9.56. The van der Waals surface area contributed by atoms with Crippen LogP contribution in [0.15, 0.2) is 61.1 Å².